The second-order valence-corrected chi connectivity index (χ2v) is 6.35. The summed E-state index contributed by atoms with van der Waals surface area (Å²) in [7, 11) is 0. The van der Waals surface area contributed by atoms with Crippen LogP contribution in [-0.4, -0.2) is 22.9 Å². The Labute approximate surface area is 119 Å². The third kappa shape index (κ3) is 4.15. The van der Waals surface area contributed by atoms with Crippen molar-refractivity contribution in [3.8, 4) is 0 Å². The predicted octanol–water partition coefficient (Wildman–Crippen LogP) is 2.81. The average Bonchev–Trinajstić information content (AvgIpc) is 2.74. The van der Waals surface area contributed by atoms with Crippen molar-refractivity contribution in [2.24, 2.45) is 0 Å². The lowest BCUT2D eigenvalue weighted by Gasteiger charge is -2.29. The summed E-state index contributed by atoms with van der Waals surface area (Å²) in [4.78, 5) is 11.7. The van der Waals surface area contributed by atoms with E-state index in [9.17, 15) is 4.79 Å². The first-order valence-electron chi connectivity index (χ1n) is 7.05. The van der Waals surface area contributed by atoms with Crippen LogP contribution >= 0.6 is 0 Å². The van der Waals surface area contributed by atoms with Gasteiger partial charge in [0, 0.05) is 18.0 Å². The van der Waals surface area contributed by atoms with Gasteiger partial charge in [0.05, 0.1) is 5.69 Å². The lowest BCUT2D eigenvalue weighted by Crippen LogP contribution is -2.40. The van der Waals surface area contributed by atoms with Crippen LogP contribution in [0.1, 0.15) is 58.1 Å². The number of nitrogens with zero attached hydrogens (tertiary/aromatic N) is 1. The molecular weight excluding hydrogens is 258 g/mol. The van der Waals surface area contributed by atoms with Crippen LogP contribution in [0.5, 0.6) is 0 Å². The van der Waals surface area contributed by atoms with Gasteiger partial charge in [-0.25, -0.2) is 4.79 Å². The first-order chi connectivity index (χ1) is 9.33. The molecule has 6 nitrogen and oxygen atoms in total. The van der Waals surface area contributed by atoms with Gasteiger partial charge in [0.25, 0.3) is 0 Å². The number of anilines is 1. The van der Waals surface area contributed by atoms with E-state index in [2.05, 4.69) is 10.5 Å². The number of carbonyl (C=O) groups excluding carboxylic acids is 1. The number of nitrogen functional groups attached to an aromatic ring is 1. The van der Waals surface area contributed by atoms with Gasteiger partial charge in [-0.05, 0) is 46.5 Å². The lowest BCUT2D eigenvalue weighted by molar-refractivity contribution is 0.0491. The number of alkyl carbamates (subject to hydrolysis) is 1. The van der Waals surface area contributed by atoms with Gasteiger partial charge in [-0.15, -0.1) is 0 Å². The Bertz CT molecular complexity index is 456. The smallest absolute Gasteiger partial charge is 0.407 e. The minimum atomic E-state index is -0.459. The number of aromatic nitrogens is 1. The van der Waals surface area contributed by atoms with Crippen molar-refractivity contribution in [3.63, 3.8) is 0 Å². The first kappa shape index (κ1) is 14.7. The number of hydrogen-bond acceptors (Lipinski definition) is 5. The van der Waals surface area contributed by atoms with Crippen molar-refractivity contribution in [2.75, 3.05) is 5.73 Å². The Morgan fingerprint density at radius 2 is 2.05 bits per heavy atom. The highest BCUT2D eigenvalue weighted by atomic mass is 16.6. The van der Waals surface area contributed by atoms with Crippen LogP contribution in [0, 0.1) is 0 Å². The van der Waals surface area contributed by atoms with Crippen molar-refractivity contribution in [3.05, 3.63) is 11.8 Å². The summed E-state index contributed by atoms with van der Waals surface area (Å²) >= 11 is 0. The first-order valence-corrected chi connectivity index (χ1v) is 7.05. The molecule has 0 atom stereocenters. The van der Waals surface area contributed by atoms with Gasteiger partial charge in [0.1, 0.15) is 5.60 Å². The van der Waals surface area contributed by atoms with E-state index in [4.69, 9.17) is 15.0 Å². The highest BCUT2D eigenvalue weighted by molar-refractivity contribution is 5.68. The maximum absolute atomic E-state index is 11.7. The quantitative estimate of drug-likeness (QED) is 0.869. The summed E-state index contributed by atoms with van der Waals surface area (Å²) in [6, 6.07) is 1.96. The van der Waals surface area contributed by atoms with Gasteiger partial charge in [-0.1, -0.05) is 5.16 Å². The topological polar surface area (TPSA) is 90.4 Å². The molecule has 1 aliphatic rings. The Kier molecular flexibility index (Phi) is 4.20. The molecule has 0 unspecified atom stereocenters. The minimum absolute atomic E-state index is 0.172. The zero-order chi connectivity index (χ0) is 14.8. The molecule has 6 heteroatoms. The number of ether oxygens (including phenoxy) is 1. The molecule has 0 aromatic carbocycles. The molecule has 0 radical (unpaired) electrons. The van der Waals surface area contributed by atoms with E-state index < -0.39 is 5.60 Å². The molecule has 0 bridgehead atoms. The largest absolute Gasteiger partial charge is 0.444 e. The molecular formula is C14H23N3O3. The van der Waals surface area contributed by atoms with Crippen molar-refractivity contribution in [2.45, 2.75) is 64.0 Å². The van der Waals surface area contributed by atoms with E-state index in [1.807, 2.05) is 20.8 Å². The van der Waals surface area contributed by atoms with E-state index >= 15 is 0 Å². The van der Waals surface area contributed by atoms with Gasteiger partial charge >= 0.3 is 6.09 Å². The summed E-state index contributed by atoms with van der Waals surface area (Å²) < 4.78 is 10.2. The van der Waals surface area contributed by atoms with Gasteiger partial charge in [0.15, 0.2) is 0 Å². The zero-order valence-corrected chi connectivity index (χ0v) is 12.3. The summed E-state index contributed by atoms with van der Waals surface area (Å²) in [6.07, 6.45) is 3.42. The molecule has 1 fully saturated rings. The molecule has 1 saturated carbocycles. The maximum Gasteiger partial charge on any atom is 0.407 e. The Morgan fingerprint density at radius 1 is 1.40 bits per heavy atom. The Balaban J connectivity index is 1.78. The third-order valence-electron chi connectivity index (χ3n) is 3.41. The molecule has 1 aromatic rings. The molecule has 1 heterocycles. The van der Waals surface area contributed by atoms with Crippen molar-refractivity contribution < 1.29 is 14.1 Å². The van der Waals surface area contributed by atoms with Crippen molar-refractivity contribution >= 4 is 12.0 Å². The van der Waals surface area contributed by atoms with E-state index in [0.29, 0.717) is 11.8 Å². The van der Waals surface area contributed by atoms with Crippen LogP contribution in [0.2, 0.25) is 0 Å². The number of amides is 1. The third-order valence-corrected chi connectivity index (χ3v) is 3.41. The highest BCUT2D eigenvalue weighted by Gasteiger charge is 2.26. The molecule has 0 aliphatic heterocycles. The van der Waals surface area contributed by atoms with Crippen LogP contribution in [0.25, 0.3) is 0 Å². The van der Waals surface area contributed by atoms with Gasteiger partial charge < -0.3 is 20.3 Å². The van der Waals surface area contributed by atoms with E-state index in [1.165, 1.54) is 0 Å². The van der Waals surface area contributed by atoms with E-state index in [0.717, 1.165) is 31.4 Å². The molecule has 1 amide bonds. The second kappa shape index (κ2) is 5.73. The molecule has 2 rings (SSSR count). The predicted molar refractivity (Wildman–Crippen MR) is 75.3 cm³/mol. The minimum Gasteiger partial charge on any atom is -0.444 e. The number of rotatable bonds is 2. The molecule has 3 N–H and O–H groups in total. The van der Waals surface area contributed by atoms with Crippen LogP contribution in [0.4, 0.5) is 10.7 Å². The summed E-state index contributed by atoms with van der Waals surface area (Å²) in [6.45, 7) is 5.58. The SMILES string of the molecule is CC(C)(C)OC(=O)NC1CCC(c2cc(N)on2)CC1. The second-order valence-electron chi connectivity index (χ2n) is 6.35. The summed E-state index contributed by atoms with van der Waals surface area (Å²) in [5.74, 6) is 0.724. The number of nitrogens with two attached hydrogens (primary N) is 1. The monoisotopic (exact) mass is 281 g/mol. The van der Waals surface area contributed by atoms with Crippen LogP contribution in [0.15, 0.2) is 10.6 Å². The molecule has 112 valence electrons. The lowest BCUT2D eigenvalue weighted by atomic mass is 9.84. The van der Waals surface area contributed by atoms with Crippen LogP contribution in [-0.2, 0) is 4.74 Å². The fourth-order valence-electron chi connectivity index (χ4n) is 2.50. The summed E-state index contributed by atoms with van der Waals surface area (Å²) in [5.41, 5.74) is 5.99. The molecule has 1 aliphatic carbocycles. The summed E-state index contributed by atoms with van der Waals surface area (Å²) in [5, 5.41) is 6.88. The van der Waals surface area contributed by atoms with Gasteiger partial charge in [-0.3, -0.25) is 0 Å². The highest BCUT2D eigenvalue weighted by Crippen LogP contribution is 2.32. The van der Waals surface area contributed by atoms with Crippen molar-refractivity contribution in [1.29, 1.82) is 0 Å². The number of hydrogen-bond donors (Lipinski definition) is 2. The zero-order valence-electron chi connectivity index (χ0n) is 12.3. The normalized spacial score (nSPS) is 23.4. The fourth-order valence-corrected chi connectivity index (χ4v) is 2.50. The average molecular weight is 281 g/mol. The van der Waals surface area contributed by atoms with Crippen molar-refractivity contribution in [1.82, 2.24) is 10.5 Å². The van der Waals surface area contributed by atoms with E-state index in [1.54, 1.807) is 6.07 Å². The molecule has 0 spiro atoms. The molecule has 0 saturated heterocycles. The standard InChI is InChI=1S/C14H23N3O3/c1-14(2,3)19-13(18)16-10-6-4-9(5-7-10)11-8-12(15)20-17-11/h8-10H,4-7,15H2,1-3H3,(H,16,18). The van der Waals surface area contributed by atoms with Gasteiger partial charge in [-0.2, -0.15) is 0 Å². The van der Waals surface area contributed by atoms with E-state index in [-0.39, 0.29) is 12.1 Å². The Morgan fingerprint density at radius 3 is 2.55 bits per heavy atom. The maximum atomic E-state index is 11.7. The van der Waals surface area contributed by atoms with Gasteiger partial charge in [0.2, 0.25) is 5.88 Å². The fraction of sp³-hybridized carbons (Fsp3) is 0.714. The Hall–Kier alpha value is -1.72. The molecule has 1 aromatic heterocycles. The molecule has 20 heavy (non-hydrogen) atoms. The number of carbonyl (C=O) groups is 1. The van der Waals surface area contributed by atoms with Crippen LogP contribution < -0.4 is 11.1 Å². The van der Waals surface area contributed by atoms with Crippen LogP contribution in [0.3, 0.4) is 0 Å². The number of nitrogens with one attached hydrogen (secondary N) is 1.